The molecule has 0 spiro atoms. The maximum Gasteiger partial charge on any atom is 0.0221 e. The van der Waals surface area contributed by atoms with Gasteiger partial charge in [-0.2, -0.15) is 0 Å². The van der Waals surface area contributed by atoms with E-state index in [4.69, 9.17) is 0 Å². The molecule has 1 heterocycles. The fourth-order valence-electron chi connectivity index (χ4n) is 2.69. The Morgan fingerprint density at radius 3 is 2.53 bits per heavy atom. The zero-order chi connectivity index (χ0) is 12.8. The third kappa shape index (κ3) is 4.57. The highest BCUT2D eigenvalue weighted by Gasteiger charge is 2.28. The summed E-state index contributed by atoms with van der Waals surface area (Å²) in [5.74, 6) is 0. The van der Waals surface area contributed by atoms with Gasteiger partial charge in [0.2, 0.25) is 0 Å². The third-order valence-corrected chi connectivity index (χ3v) is 4.07. The summed E-state index contributed by atoms with van der Waals surface area (Å²) in [5.41, 5.74) is 0. The van der Waals surface area contributed by atoms with Crippen LogP contribution in [-0.4, -0.2) is 61.7 Å². The Balaban J connectivity index is 2.49. The fourth-order valence-corrected chi connectivity index (χ4v) is 2.69. The van der Waals surface area contributed by atoms with Crippen LogP contribution in [0.4, 0.5) is 0 Å². The van der Waals surface area contributed by atoms with E-state index in [0.29, 0.717) is 12.1 Å². The van der Waals surface area contributed by atoms with E-state index in [2.05, 4.69) is 50.0 Å². The summed E-state index contributed by atoms with van der Waals surface area (Å²) in [7, 11) is 4.33. The SMILES string of the molecule is CCC1CN(C(C)CCN(C)C)C(CC)CN1. The lowest BCUT2D eigenvalue weighted by molar-refractivity contribution is 0.0776. The van der Waals surface area contributed by atoms with Crippen molar-refractivity contribution in [1.82, 2.24) is 15.1 Å². The van der Waals surface area contributed by atoms with Crippen LogP contribution in [0.5, 0.6) is 0 Å². The molecule has 0 aromatic heterocycles. The average molecular weight is 241 g/mol. The van der Waals surface area contributed by atoms with Crippen LogP contribution in [0.3, 0.4) is 0 Å². The van der Waals surface area contributed by atoms with Crippen LogP contribution in [0.15, 0.2) is 0 Å². The highest BCUT2D eigenvalue weighted by atomic mass is 15.3. The van der Waals surface area contributed by atoms with Gasteiger partial charge in [-0.05, 0) is 46.8 Å². The molecule has 0 aromatic rings. The van der Waals surface area contributed by atoms with Gasteiger partial charge in [0.25, 0.3) is 0 Å². The molecule has 3 unspecified atom stereocenters. The highest BCUT2D eigenvalue weighted by Crippen LogP contribution is 2.17. The molecule has 0 aromatic carbocycles. The van der Waals surface area contributed by atoms with Crippen molar-refractivity contribution in [2.45, 2.75) is 58.2 Å². The first-order chi connectivity index (χ1) is 8.08. The van der Waals surface area contributed by atoms with Crippen molar-refractivity contribution in [3.05, 3.63) is 0 Å². The molecule has 1 N–H and O–H groups in total. The van der Waals surface area contributed by atoms with Gasteiger partial charge in [0.05, 0.1) is 0 Å². The van der Waals surface area contributed by atoms with Crippen LogP contribution in [-0.2, 0) is 0 Å². The molecule has 1 fully saturated rings. The minimum Gasteiger partial charge on any atom is -0.311 e. The Kier molecular flexibility index (Phi) is 6.45. The standard InChI is InChI=1S/C14H31N3/c1-6-13-11-17(14(7-2)10-15-13)12(3)8-9-16(4)5/h12-15H,6-11H2,1-5H3. The molecule has 1 aliphatic heterocycles. The smallest absolute Gasteiger partial charge is 0.0221 e. The van der Waals surface area contributed by atoms with Gasteiger partial charge in [0.15, 0.2) is 0 Å². The molecule has 0 aliphatic carbocycles. The molecular weight excluding hydrogens is 210 g/mol. The van der Waals surface area contributed by atoms with Crippen LogP contribution in [0.25, 0.3) is 0 Å². The number of hydrogen-bond acceptors (Lipinski definition) is 3. The summed E-state index contributed by atoms with van der Waals surface area (Å²) >= 11 is 0. The van der Waals surface area contributed by atoms with Crippen LogP contribution >= 0.6 is 0 Å². The largest absolute Gasteiger partial charge is 0.311 e. The molecule has 1 saturated heterocycles. The summed E-state index contributed by atoms with van der Waals surface area (Å²) in [5, 5.41) is 3.67. The van der Waals surface area contributed by atoms with Gasteiger partial charge in [0.1, 0.15) is 0 Å². The zero-order valence-corrected chi connectivity index (χ0v) is 12.4. The summed E-state index contributed by atoms with van der Waals surface area (Å²) in [4.78, 5) is 5.02. The van der Waals surface area contributed by atoms with Gasteiger partial charge in [0, 0.05) is 31.2 Å². The minimum absolute atomic E-state index is 0.694. The van der Waals surface area contributed by atoms with Crippen LogP contribution in [0.1, 0.15) is 40.0 Å². The van der Waals surface area contributed by atoms with E-state index in [0.717, 1.165) is 6.04 Å². The molecular formula is C14H31N3. The van der Waals surface area contributed by atoms with Gasteiger partial charge >= 0.3 is 0 Å². The normalized spacial score (nSPS) is 28.6. The molecule has 3 nitrogen and oxygen atoms in total. The predicted octanol–water partition coefficient (Wildman–Crippen LogP) is 1.79. The monoisotopic (exact) mass is 241 g/mol. The number of hydrogen-bond donors (Lipinski definition) is 1. The van der Waals surface area contributed by atoms with Crippen molar-refractivity contribution >= 4 is 0 Å². The Morgan fingerprint density at radius 1 is 1.29 bits per heavy atom. The van der Waals surface area contributed by atoms with Crippen LogP contribution < -0.4 is 5.32 Å². The van der Waals surface area contributed by atoms with Gasteiger partial charge < -0.3 is 10.2 Å². The lowest BCUT2D eigenvalue weighted by atomic mass is 10.0. The minimum atomic E-state index is 0.694. The number of nitrogens with zero attached hydrogens (tertiary/aromatic N) is 2. The van der Waals surface area contributed by atoms with E-state index < -0.39 is 0 Å². The maximum atomic E-state index is 3.67. The zero-order valence-electron chi connectivity index (χ0n) is 12.4. The van der Waals surface area contributed by atoms with Crippen molar-refractivity contribution in [1.29, 1.82) is 0 Å². The topological polar surface area (TPSA) is 18.5 Å². The second-order valence-corrected chi connectivity index (χ2v) is 5.71. The quantitative estimate of drug-likeness (QED) is 0.765. The van der Waals surface area contributed by atoms with E-state index in [1.165, 1.54) is 38.9 Å². The van der Waals surface area contributed by atoms with E-state index in [9.17, 15) is 0 Å². The number of rotatable bonds is 6. The first-order valence-electron chi connectivity index (χ1n) is 7.22. The third-order valence-electron chi connectivity index (χ3n) is 4.07. The van der Waals surface area contributed by atoms with Crippen molar-refractivity contribution in [3.8, 4) is 0 Å². The molecule has 3 atom stereocenters. The molecule has 0 radical (unpaired) electrons. The molecule has 17 heavy (non-hydrogen) atoms. The van der Waals surface area contributed by atoms with Crippen molar-refractivity contribution < 1.29 is 0 Å². The molecule has 102 valence electrons. The lowest BCUT2D eigenvalue weighted by Gasteiger charge is -2.43. The van der Waals surface area contributed by atoms with Crippen LogP contribution in [0, 0.1) is 0 Å². The Labute approximate surface area is 108 Å². The Hall–Kier alpha value is -0.120. The van der Waals surface area contributed by atoms with Gasteiger partial charge in [-0.25, -0.2) is 0 Å². The summed E-state index contributed by atoms with van der Waals surface area (Å²) in [6, 6.07) is 2.13. The Morgan fingerprint density at radius 2 is 2.00 bits per heavy atom. The average Bonchev–Trinajstić information content (AvgIpc) is 2.34. The van der Waals surface area contributed by atoms with Gasteiger partial charge in [-0.1, -0.05) is 13.8 Å². The van der Waals surface area contributed by atoms with E-state index in [1.807, 2.05) is 0 Å². The van der Waals surface area contributed by atoms with Gasteiger partial charge in [-0.15, -0.1) is 0 Å². The molecule has 3 heteroatoms. The van der Waals surface area contributed by atoms with Gasteiger partial charge in [-0.3, -0.25) is 4.90 Å². The summed E-state index contributed by atoms with van der Waals surface area (Å²) in [6.07, 6.45) is 3.78. The fraction of sp³-hybridized carbons (Fsp3) is 1.00. The predicted molar refractivity (Wildman–Crippen MR) is 75.5 cm³/mol. The number of nitrogens with one attached hydrogen (secondary N) is 1. The van der Waals surface area contributed by atoms with E-state index in [-0.39, 0.29) is 0 Å². The molecule has 0 bridgehead atoms. The summed E-state index contributed by atoms with van der Waals surface area (Å²) < 4.78 is 0. The lowest BCUT2D eigenvalue weighted by Crippen LogP contribution is -2.58. The van der Waals surface area contributed by atoms with E-state index >= 15 is 0 Å². The van der Waals surface area contributed by atoms with Crippen LogP contribution in [0.2, 0.25) is 0 Å². The van der Waals surface area contributed by atoms with Crippen molar-refractivity contribution in [3.63, 3.8) is 0 Å². The van der Waals surface area contributed by atoms with Crippen molar-refractivity contribution in [2.75, 3.05) is 33.7 Å². The highest BCUT2D eigenvalue weighted by molar-refractivity contribution is 4.87. The maximum absolute atomic E-state index is 3.67. The second-order valence-electron chi connectivity index (χ2n) is 5.71. The molecule has 1 aliphatic rings. The first-order valence-corrected chi connectivity index (χ1v) is 7.22. The van der Waals surface area contributed by atoms with E-state index in [1.54, 1.807) is 0 Å². The van der Waals surface area contributed by atoms with Crippen molar-refractivity contribution in [2.24, 2.45) is 0 Å². The summed E-state index contributed by atoms with van der Waals surface area (Å²) in [6.45, 7) is 10.6. The molecule has 0 amide bonds. The Bertz CT molecular complexity index is 206. The first kappa shape index (κ1) is 14.9. The molecule has 1 rings (SSSR count). The second kappa shape index (κ2) is 7.34. The molecule has 0 saturated carbocycles. The number of piperazine rings is 1.